The molecular formula is C29H35ClN2O6S2. The molecule has 0 saturated heterocycles. The molecule has 11 heteroatoms. The smallest absolute Gasteiger partial charge is 0.320 e. The maximum absolute atomic E-state index is 13.0. The molecule has 216 valence electrons. The van der Waals surface area contributed by atoms with Crippen LogP contribution in [0, 0.1) is 5.41 Å². The number of carboxylic acid groups (broad SMARTS) is 2. The highest BCUT2D eigenvalue weighted by Crippen LogP contribution is 2.32. The highest BCUT2D eigenvalue weighted by molar-refractivity contribution is 7.99. The van der Waals surface area contributed by atoms with E-state index in [4.69, 9.17) is 28.2 Å². The summed E-state index contributed by atoms with van der Waals surface area (Å²) in [6.45, 7) is 2.08. The van der Waals surface area contributed by atoms with Gasteiger partial charge in [0.1, 0.15) is 6.04 Å². The molecule has 40 heavy (non-hydrogen) atoms. The number of benzene rings is 3. The molecule has 6 N–H and O–H groups in total. The Hall–Kier alpha value is -2.89. The van der Waals surface area contributed by atoms with Crippen LogP contribution in [0.2, 0.25) is 5.02 Å². The average molecular weight is 607 g/mol. The van der Waals surface area contributed by atoms with Crippen molar-refractivity contribution < 1.29 is 28.2 Å². The Morgan fingerprint density at radius 2 is 1.48 bits per heavy atom. The van der Waals surface area contributed by atoms with Crippen molar-refractivity contribution >= 4 is 45.1 Å². The van der Waals surface area contributed by atoms with E-state index in [2.05, 4.69) is 0 Å². The molecule has 2 atom stereocenters. The van der Waals surface area contributed by atoms with Gasteiger partial charge in [0, 0.05) is 15.7 Å². The number of aliphatic carboxylic acids is 2. The third-order valence-electron chi connectivity index (χ3n) is 6.00. The number of nitrogens with two attached hydrogens (primary N) is 2. The molecule has 3 aromatic carbocycles. The van der Waals surface area contributed by atoms with Gasteiger partial charge in [-0.15, -0.1) is 11.8 Å². The van der Waals surface area contributed by atoms with Gasteiger partial charge in [0.15, 0.2) is 9.84 Å². The molecule has 0 radical (unpaired) electrons. The van der Waals surface area contributed by atoms with Crippen LogP contribution >= 0.6 is 23.4 Å². The standard InChI is InChI=1S/C23H21ClO4S2.C6H14N2O2/c1-23(22(25)26,15-29-20-5-3-2-4-6-20)16-30(27,28)21-13-9-18(10-14-21)17-7-11-19(24)12-8-17;7-4-2-1-3-5(8)6(9)10/h2-14H,15-16H2,1H3,(H,25,26);5H,1-4,7-8H2,(H,9,10)/t23-;5-/m10/s1. The fraction of sp³-hybridized carbons (Fsp3) is 0.310. The lowest BCUT2D eigenvalue weighted by Gasteiger charge is -2.24. The quantitative estimate of drug-likeness (QED) is 0.151. The van der Waals surface area contributed by atoms with Crippen molar-refractivity contribution in [3.05, 3.63) is 83.9 Å². The molecule has 0 saturated carbocycles. The van der Waals surface area contributed by atoms with E-state index < -0.39 is 39.0 Å². The van der Waals surface area contributed by atoms with Crippen molar-refractivity contribution in [1.82, 2.24) is 0 Å². The molecule has 0 aromatic heterocycles. The maximum atomic E-state index is 13.0. The highest BCUT2D eigenvalue weighted by Gasteiger charge is 2.39. The topological polar surface area (TPSA) is 161 Å². The van der Waals surface area contributed by atoms with Crippen LogP contribution in [0.15, 0.2) is 88.7 Å². The third-order valence-corrected chi connectivity index (χ3v) is 9.65. The molecule has 0 heterocycles. The Morgan fingerprint density at radius 1 is 0.925 bits per heavy atom. The van der Waals surface area contributed by atoms with Gasteiger partial charge in [-0.2, -0.15) is 0 Å². The first-order valence-corrected chi connectivity index (χ1v) is 15.6. The van der Waals surface area contributed by atoms with Crippen LogP contribution in [0.25, 0.3) is 11.1 Å². The van der Waals surface area contributed by atoms with Gasteiger partial charge in [0.05, 0.1) is 16.1 Å². The third kappa shape index (κ3) is 10.6. The SMILES string of the molecule is C[C@@](CSc1ccccc1)(CS(=O)(=O)c1ccc(-c2ccc(Cl)cc2)cc1)C(=O)O.NCCCC[C@H](N)C(=O)O. The van der Waals surface area contributed by atoms with Crippen molar-refractivity contribution in [2.24, 2.45) is 16.9 Å². The molecule has 0 aliphatic heterocycles. The van der Waals surface area contributed by atoms with E-state index in [1.165, 1.54) is 30.8 Å². The number of rotatable bonds is 13. The van der Waals surface area contributed by atoms with Crippen LogP contribution < -0.4 is 11.5 Å². The number of sulfone groups is 1. The zero-order valence-electron chi connectivity index (χ0n) is 22.2. The second-order valence-electron chi connectivity index (χ2n) is 9.49. The van der Waals surface area contributed by atoms with Gasteiger partial charge in [-0.05, 0) is 73.8 Å². The maximum Gasteiger partial charge on any atom is 0.320 e. The van der Waals surface area contributed by atoms with Gasteiger partial charge < -0.3 is 21.7 Å². The van der Waals surface area contributed by atoms with Crippen LogP contribution in [0.1, 0.15) is 26.2 Å². The largest absolute Gasteiger partial charge is 0.481 e. The summed E-state index contributed by atoms with van der Waals surface area (Å²) in [6.07, 6.45) is 2.16. The summed E-state index contributed by atoms with van der Waals surface area (Å²) in [5.41, 5.74) is 10.8. The summed E-state index contributed by atoms with van der Waals surface area (Å²) >= 11 is 7.24. The van der Waals surface area contributed by atoms with Gasteiger partial charge in [-0.1, -0.05) is 60.5 Å². The Morgan fingerprint density at radius 3 is 1.98 bits per heavy atom. The molecule has 0 fully saturated rings. The Kier molecular flexibility index (Phi) is 13.1. The Labute approximate surface area is 244 Å². The van der Waals surface area contributed by atoms with E-state index in [0.29, 0.717) is 18.0 Å². The first-order chi connectivity index (χ1) is 18.9. The van der Waals surface area contributed by atoms with Crippen LogP contribution in [-0.2, 0) is 19.4 Å². The lowest BCUT2D eigenvalue weighted by molar-refractivity contribution is -0.145. The van der Waals surface area contributed by atoms with Gasteiger partial charge in [-0.25, -0.2) is 8.42 Å². The molecule has 3 aromatic rings. The van der Waals surface area contributed by atoms with E-state index in [-0.39, 0.29) is 10.6 Å². The summed E-state index contributed by atoms with van der Waals surface area (Å²) in [5.74, 6) is -2.39. The number of carbonyl (C=O) groups is 2. The number of carboxylic acids is 2. The van der Waals surface area contributed by atoms with Crippen molar-refractivity contribution in [2.45, 2.75) is 42.0 Å². The molecule has 0 aliphatic rings. The predicted molar refractivity (Wildman–Crippen MR) is 160 cm³/mol. The Balaban J connectivity index is 0.000000478. The summed E-state index contributed by atoms with van der Waals surface area (Å²) < 4.78 is 25.9. The van der Waals surface area contributed by atoms with E-state index >= 15 is 0 Å². The van der Waals surface area contributed by atoms with Crippen molar-refractivity contribution in [1.29, 1.82) is 0 Å². The first kappa shape index (κ1) is 33.3. The minimum absolute atomic E-state index is 0.109. The normalized spacial score (nSPS) is 13.4. The summed E-state index contributed by atoms with van der Waals surface area (Å²) in [5, 5.41) is 18.7. The van der Waals surface area contributed by atoms with E-state index in [1.807, 2.05) is 42.5 Å². The average Bonchev–Trinajstić information content (AvgIpc) is 2.93. The molecular weight excluding hydrogens is 572 g/mol. The fourth-order valence-corrected chi connectivity index (χ4v) is 6.65. The van der Waals surface area contributed by atoms with Gasteiger partial charge in [0.25, 0.3) is 0 Å². The zero-order chi connectivity index (χ0) is 29.8. The molecule has 3 rings (SSSR count). The number of hydrogen-bond donors (Lipinski definition) is 4. The van der Waals surface area contributed by atoms with E-state index in [1.54, 1.807) is 24.3 Å². The minimum Gasteiger partial charge on any atom is -0.481 e. The zero-order valence-corrected chi connectivity index (χ0v) is 24.6. The monoisotopic (exact) mass is 606 g/mol. The number of halogens is 1. The van der Waals surface area contributed by atoms with Gasteiger partial charge >= 0.3 is 11.9 Å². The van der Waals surface area contributed by atoms with E-state index in [9.17, 15) is 23.1 Å². The van der Waals surface area contributed by atoms with Crippen LogP contribution in [0.4, 0.5) is 0 Å². The minimum atomic E-state index is -3.79. The predicted octanol–water partition coefficient (Wildman–Crippen LogP) is 5.19. The second kappa shape index (κ2) is 15.8. The number of unbranched alkanes of at least 4 members (excludes halogenated alkanes) is 1. The molecule has 0 aliphatic carbocycles. The van der Waals surface area contributed by atoms with E-state index in [0.717, 1.165) is 28.9 Å². The van der Waals surface area contributed by atoms with Crippen LogP contribution in [-0.4, -0.2) is 54.7 Å². The number of hydrogen-bond acceptors (Lipinski definition) is 7. The van der Waals surface area contributed by atoms with Gasteiger partial charge in [0.2, 0.25) is 0 Å². The summed E-state index contributed by atoms with van der Waals surface area (Å²) in [6, 6.07) is 22.3. The van der Waals surface area contributed by atoms with Crippen LogP contribution in [0.3, 0.4) is 0 Å². The lowest BCUT2D eigenvalue weighted by atomic mass is 9.97. The van der Waals surface area contributed by atoms with Crippen molar-refractivity contribution in [3.8, 4) is 11.1 Å². The molecule has 0 bridgehead atoms. The summed E-state index contributed by atoms with van der Waals surface area (Å²) in [4.78, 5) is 23.1. The first-order valence-electron chi connectivity index (χ1n) is 12.6. The fourth-order valence-electron chi connectivity index (χ4n) is 3.56. The molecule has 0 unspecified atom stereocenters. The molecule has 0 amide bonds. The lowest BCUT2D eigenvalue weighted by Crippen LogP contribution is -2.37. The summed E-state index contributed by atoms with van der Waals surface area (Å²) in [7, 11) is -3.79. The number of thioether (sulfide) groups is 1. The van der Waals surface area contributed by atoms with Crippen molar-refractivity contribution in [2.75, 3.05) is 18.1 Å². The highest BCUT2D eigenvalue weighted by atomic mass is 35.5. The van der Waals surface area contributed by atoms with Crippen molar-refractivity contribution in [3.63, 3.8) is 0 Å². The molecule has 0 spiro atoms. The second-order valence-corrected chi connectivity index (χ2v) is 13.0. The van der Waals surface area contributed by atoms with Gasteiger partial charge in [-0.3, -0.25) is 9.59 Å². The molecule has 8 nitrogen and oxygen atoms in total. The Bertz CT molecular complexity index is 1340. The van der Waals surface area contributed by atoms with Crippen LogP contribution in [0.5, 0.6) is 0 Å².